The van der Waals surface area contributed by atoms with Crippen LogP contribution in [0.3, 0.4) is 0 Å². The van der Waals surface area contributed by atoms with Crippen LogP contribution in [0, 0.1) is 5.92 Å². The SMILES string of the molecule is O=C(Cc1ccccc1)Nc1ccc(C(=O)N2CCC[C@H]3CCCC[C@@H]32)cc1. The van der Waals surface area contributed by atoms with Crippen molar-refractivity contribution in [2.24, 2.45) is 5.92 Å². The summed E-state index contributed by atoms with van der Waals surface area (Å²) in [6.07, 6.45) is 7.67. The van der Waals surface area contributed by atoms with Gasteiger partial charge in [-0.25, -0.2) is 0 Å². The number of rotatable bonds is 4. The lowest BCUT2D eigenvalue weighted by atomic mass is 9.78. The Hall–Kier alpha value is -2.62. The van der Waals surface area contributed by atoms with E-state index in [0.717, 1.165) is 30.6 Å². The summed E-state index contributed by atoms with van der Waals surface area (Å²) in [6.45, 7) is 0.871. The molecule has 0 radical (unpaired) electrons. The highest BCUT2D eigenvalue weighted by Gasteiger charge is 2.35. The molecule has 2 aliphatic rings. The Bertz CT molecular complexity index is 814. The van der Waals surface area contributed by atoms with Gasteiger partial charge in [0, 0.05) is 23.8 Å². The molecule has 146 valence electrons. The quantitative estimate of drug-likeness (QED) is 0.843. The van der Waals surface area contributed by atoms with E-state index in [1.807, 2.05) is 54.6 Å². The van der Waals surface area contributed by atoms with Crippen molar-refractivity contribution >= 4 is 17.5 Å². The highest BCUT2D eigenvalue weighted by Crippen LogP contribution is 2.36. The molecule has 1 heterocycles. The normalized spacial score (nSPS) is 21.6. The molecule has 1 N–H and O–H groups in total. The van der Waals surface area contributed by atoms with Gasteiger partial charge in [-0.1, -0.05) is 43.2 Å². The molecule has 2 aromatic carbocycles. The average Bonchev–Trinajstić information content (AvgIpc) is 2.74. The van der Waals surface area contributed by atoms with Gasteiger partial charge in [0.25, 0.3) is 5.91 Å². The monoisotopic (exact) mass is 376 g/mol. The number of likely N-dealkylation sites (tertiary alicyclic amines) is 1. The fourth-order valence-corrected chi connectivity index (χ4v) is 4.73. The van der Waals surface area contributed by atoms with E-state index in [1.165, 1.54) is 25.7 Å². The topological polar surface area (TPSA) is 49.4 Å². The van der Waals surface area contributed by atoms with Crippen LogP contribution in [0.4, 0.5) is 5.69 Å². The Morgan fingerprint density at radius 3 is 2.39 bits per heavy atom. The van der Waals surface area contributed by atoms with E-state index in [1.54, 1.807) is 0 Å². The van der Waals surface area contributed by atoms with Gasteiger partial charge >= 0.3 is 0 Å². The minimum Gasteiger partial charge on any atom is -0.335 e. The molecule has 2 aromatic rings. The van der Waals surface area contributed by atoms with Gasteiger partial charge in [-0.05, 0) is 61.4 Å². The first kappa shape index (κ1) is 18.7. The van der Waals surface area contributed by atoms with Crippen molar-refractivity contribution in [3.05, 3.63) is 65.7 Å². The van der Waals surface area contributed by atoms with Crippen LogP contribution in [0.25, 0.3) is 0 Å². The Labute approximate surface area is 166 Å². The summed E-state index contributed by atoms with van der Waals surface area (Å²) in [5.41, 5.74) is 2.43. The zero-order chi connectivity index (χ0) is 19.3. The van der Waals surface area contributed by atoms with Gasteiger partial charge < -0.3 is 10.2 Å². The van der Waals surface area contributed by atoms with Crippen LogP contribution in [0.1, 0.15) is 54.4 Å². The number of piperidine rings is 1. The number of anilines is 1. The van der Waals surface area contributed by atoms with E-state index in [0.29, 0.717) is 23.9 Å². The second-order valence-corrected chi connectivity index (χ2v) is 8.04. The molecule has 1 aliphatic carbocycles. The molecule has 0 unspecified atom stereocenters. The Morgan fingerprint density at radius 1 is 0.893 bits per heavy atom. The highest BCUT2D eigenvalue weighted by molar-refractivity contribution is 5.96. The number of hydrogen-bond donors (Lipinski definition) is 1. The minimum atomic E-state index is -0.0497. The summed E-state index contributed by atoms with van der Waals surface area (Å²) >= 11 is 0. The number of nitrogens with one attached hydrogen (secondary N) is 1. The van der Waals surface area contributed by atoms with Crippen LogP contribution in [0.5, 0.6) is 0 Å². The molecule has 0 aromatic heterocycles. The molecular weight excluding hydrogens is 348 g/mol. The lowest BCUT2D eigenvalue weighted by molar-refractivity contribution is -0.115. The van der Waals surface area contributed by atoms with Gasteiger partial charge in [0.2, 0.25) is 5.91 Å². The van der Waals surface area contributed by atoms with Gasteiger partial charge in [0.15, 0.2) is 0 Å². The van der Waals surface area contributed by atoms with Crippen LogP contribution in [-0.4, -0.2) is 29.3 Å². The molecule has 4 rings (SSSR count). The number of fused-ring (bicyclic) bond motifs is 1. The molecule has 1 saturated carbocycles. The molecule has 0 spiro atoms. The molecule has 2 atom stereocenters. The van der Waals surface area contributed by atoms with Crippen molar-refractivity contribution in [3.8, 4) is 0 Å². The maximum absolute atomic E-state index is 13.1. The maximum Gasteiger partial charge on any atom is 0.254 e. The van der Waals surface area contributed by atoms with E-state index in [2.05, 4.69) is 10.2 Å². The van der Waals surface area contributed by atoms with E-state index in [-0.39, 0.29) is 11.8 Å². The van der Waals surface area contributed by atoms with E-state index in [9.17, 15) is 9.59 Å². The molecule has 1 saturated heterocycles. The molecule has 1 aliphatic heterocycles. The van der Waals surface area contributed by atoms with Gasteiger partial charge in [0.1, 0.15) is 0 Å². The predicted molar refractivity (Wildman–Crippen MR) is 111 cm³/mol. The number of carbonyl (C=O) groups excluding carboxylic acids is 2. The molecule has 0 bridgehead atoms. The predicted octanol–water partition coefficient (Wildman–Crippen LogP) is 4.66. The van der Waals surface area contributed by atoms with Crippen LogP contribution < -0.4 is 5.32 Å². The third-order valence-electron chi connectivity index (χ3n) is 6.13. The fourth-order valence-electron chi connectivity index (χ4n) is 4.73. The lowest BCUT2D eigenvalue weighted by Crippen LogP contribution is -2.49. The number of benzene rings is 2. The first-order chi connectivity index (χ1) is 13.7. The lowest BCUT2D eigenvalue weighted by Gasteiger charge is -2.44. The van der Waals surface area contributed by atoms with Crippen molar-refractivity contribution in [1.82, 2.24) is 4.90 Å². The Morgan fingerprint density at radius 2 is 1.61 bits per heavy atom. The fraction of sp³-hybridized carbons (Fsp3) is 0.417. The smallest absolute Gasteiger partial charge is 0.254 e. The first-order valence-electron chi connectivity index (χ1n) is 10.5. The summed E-state index contributed by atoms with van der Waals surface area (Å²) in [5, 5.41) is 2.92. The number of amides is 2. The molecular formula is C24H28N2O2. The molecule has 2 amide bonds. The zero-order valence-corrected chi connectivity index (χ0v) is 16.3. The van der Waals surface area contributed by atoms with Crippen molar-refractivity contribution < 1.29 is 9.59 Å². The van der Waals surface area contributed by atoms with Crippen molar-refractivity contribution in [2.45, 2.75) is 51.0 Å². The maximum atomic E-state index is 13.1. The Kier molecular flexibility index (Phi) is 5.75. The van der Waals surface area contributed by atoms with Gasteiger partial charge in [0.05, 0.1) is 6.42 Å². The summed E-state index contributed by atoms with van der Waals surface area (Å²) < 4.78 is 0. The van der Waals surface area contributed by atoms with E-state index >= 15 is 0 Å². The molecule has 28 heavy (non-hydrogen) atoms. The molecule has 2 fully saturated rings. The standard InChI is InChI=1S/C24H28N2O2/c27-23(17-18-7-2-1-3-8-18)25-21-14-12-20(13-15-21)24(28)26-16-6-10-19-9-4-5-11-22(19)26/h1-3,7-8,12-15,19,22H,4-6,9-11,16-17H2,(H,25,27)/t19-,22+/m1/s1. The third-order valence-corrected chi connectivity index (χ3v) is 6.13. The zero-order valence-electron chi connectivity index (χ0n) is 16.3. The first-order valence-corrected chi connectivity index (χ1v) is 10.5. The van der Waals surface area contributed by atoms with E-state index in [4.69, 9.17) is 0 Å². The summed E-state index contributed by atoms with van der Waals surface area (Å²) in [5.74, 6) is 0.771. The number of carbonyl (C=O) groups is 2. The molecule has 4 heteroatoms. The average molecular weight is 377 g/mol. The van der Waals surface area contributed by atoms with Gasteiger partial charge in [-0.3, -0.25) is 9.59 Å². The second kappa shape index (κ2) is 8.59. The van der Waals surface area contributed by atoms with Crippen molar-refractivity contribution in [1.29, 1.82) is 0 Å². The van der Waals surface area contributed by atoms with Gasteiger partial charge in [-0.15, -0.1) is 0 Å². The third kappa shape index (κ3) is 4.27. The van der Waals surface area contributed by atoms with Crippen molar-refractivity contribution in [2.75, 3.05) is 11.9 Å². The molecule has 4 nitrogen and oxygen atoms in total. The summed E-state index contributed by atoms with van der Waals surface area (Å²) in [7, 11) is 0. The number of hydrogen-bond acceptors (Lipinski definition) is 2. The number of nitrogens with zero attached hydrogens (tertiary/aromatic N) is 1. The minimum absolute atomic E-state index is 0.0497. The van der Waals surface area contributed by atoms with E-state index < -0.39 is 0 Å². The summed E-state index contributed by atoms with van der Waals surface area (Å²) in [4.78, 5) is 27.4. The largest absolute Gasteiger partial charge is 0.335 e. The Balaban J connectivity index is 1.38. The van der Waals surface area contributed by atoms with Crippen LogP contribution >= 0.6 is 0 Å². The van der Waals surface area contributed by atoms with Crippen LogP contribution in [-0.2, 0) is 11.2 Å². The second-order valence-electron chi connectivity index (χ2n) is 8.04. The van der Waals surface area contributed by atoms with Crippen LogP contribution in [0.15, 0.2) is 54.6 Å². The highest BCUT2D eigenvalue weighted by atomic mass is 16.2. The van der Waals surface area contributed by atoms with Crippen molar-refractivity contribution in [3.63, 3.8) is 0 Å². The van der Waals surface area contributed by atoms with Crippen LogP contribution in [0.2, 0.25) is 0 Å². The van der Waals surface area contributed by atoms with Gasteiger partial charge in [-0.2, -0.15) is 0 Å². The summed E-state index contributed by atoms with van der Waals surface area (Å²) in [6, 6.07) is 17.4.